The lowest BCUT2D eigenvalue weighted by molar-refractivity contribution is 0.771. The lowest BCUT2D eigenvalue weighted by atomic mass is 10.3. The van der Waals surface area contributed by atoms with Gasteiger partial charge in [-0.2, -0.15) is 0 Å². The molecule has 0 fully saturated rings. The molecule has 0 aliphatic heterocycles. The first-order valence-electron chi connectivity index (χ1n) is 3.20. The summed E-state index contributed by atoms with van der Waals surface area (Å²) in [7, 11) is 0. The highest BCUT2D eigenvalue weighted by Gasteiger charge is 1.90. The van der Waals surface area contributed by atoms with Crippen LogP contribution in [0.25, 0.3) is 0 Å². The standard InChI is InChI=1S/C8H10NO/c1-3-9-6-7(2)4-5-8(9)10/h4-6H,1,3H2,2H3. The van der Waals surface area contributed by atoms with Gasteiger partial charge in [0.2, 0.25) is 0 Å². The Morgan fingerprint density at radius 3 is 2.80 bits per heavy atom. The van der Waals surface area contributed by atoms with E-state index >= 15 is 0 Å². The van der Waals surface area contributed by atoms with Crippen LogP contribution in [0.4, 0.5) is 0 Å². The molecule has 0 spiro atoms. The van der Waals surface area contributed by atoms with Crippen molar-refractivity contribution >= 4 is 0 Å². The first-order valence-corrected chi connectivity index (χ1v) is 3.20. The highest BCUT2D eigenvalue weighted by molar-refractivity contribution is 5.07. The lowest BCUT2D eigenvalue weighted by Crippen LogP contribution is -2.17. The molecule has 10 heavy (non-hydrogen) atoms. The first-order chi connectivity index (χ1) is 4.74. The Hall–Kier alpha value is -1.05. The van der Waals surface area contributed by atoms with Gasteiger partial charge in [-0.05, 0) is 19.4 Å². The molecule has 0 bridgehead atoms. The summed E-state index contributed by atoms with van der Waals surface area (Å²) in [6.45, 7) is 6.07. The first kappa shape index (κ1) is 7.06. The summed E-state index contributed by atoms with van der Waals surface area (Å²) in [4.78, 5) is 10.9. The minimum Gasteiger partial charge on any atom is -0.315 e. The summed E-state index contributed by atoms with van der Waals surface area (Å²) < 4.78 is 1.58. The average molecular weight is 136 g/mol. The average Bonchev–Trinajstić information content (AvgIpc) is 1.94. The molecule has 0 aromatic carbocycles. The Bertz CT molecular complexity index is 275. The van der Waals surface area contributed by atoms with Gasteiger partial charge in [0.05, 0.1) is 0 Å². The van der Waals surface area contributed by atoms with E-state index in [4.69, 9.17) is 0 Å². The van der Waals surface area contributed by atoms with Gasteiger partial charge in [-0.3, -0.25) is 4.79 Å². The summed E-state index contributed by atoms with van der Waals surface area (Å²) in [5.74, 6) is 0. The summed E-state index contributed by atoms with van der Waals surface area (Å²) in [5, 5.41) is 0. The second-order valence-corrected chi connectivity index (χ2v) is 2.24. The van der Waals surface area contributed by atoms with E-state index in [1.165, 1.54) is 0 Å². The topological polar surface area (TPSA) is 22.0 Å². The van der Waals surface area contributed by atoms with Crippen LogP contribution in [0.2, 0.25) is 0 Å². The van der Waals surface area contributed by atoms with E-state index in [1.807, 2.05) is 6.92 Å². The fourth-order valence-corrected chi connectivity index (χ4v) is 0.826. The Labute approximate surface area is 60.1 Å². The molecule has 2 heteroatoms. The van der Waals surface area contributed by atoms with E-state index < -0.39 is 0 Å². The van der Waals surface area contributed by atoms with E-state index in [9.17, 15) is 4.79 Å². The van der Waals surface area contributed by atoms with Gasteiger partial charge in [0, 0.05) is 18.8 Å². The van der Waals surface area contributed by atoms with Crippen molar-refractivity contribution in [1.29, 1.82) is 0 Å². The molecule has 1 rings (SSSR count). The van der Waals surface area contributed by atoms with Crippen LogP contribution in [0.1, 0.15) is 5.56 Å². The summed E-state index contributed by atoms with van der Waals surface area (Å²) in [6.07, 6.45) is 1.80. The van der Waals surface area contributed by atoms with Crippen LogP contribution in [0.5, 0.6) is 0 Å². The summed E-state index contributed by atoms with van der Waals surface area (Å²) in [6, 6.07) is 3.36. The smallest absolute Gasteiger partial charge is 0.250 e. The molecule has 0 amide bonds. The second-order valence-electron chi connectivity index (χ2n) is 2.24. The van der Waals surface area contributed by atoms with Gasteiger partial charge in [-0.15, -0.1) is 0 Å². The van der Waals surface area contributed by atoms with Gasteiger partial charge < -0.3 is 4.57 Å². The van der Waals surface area contributed by atoms with Crippen LogP contribution < -0.4 is 5.56 Å². The minimum atomic E-state index is 0.0144. The van der Waals surface area contributed by atoms with Gasteiger partial charge in [0.1, 0.15) is 0 Å². The molecule has 0 N–H and O–H groups in total. The van der Waals surface area contributed by atoms with Crippen molar-refractivity contribution in [3.05, 3.63) is 41.2 Å². The van der Waals surface area contributed by atoms with Crippen molar-refractivity contribution in [2.24, 2.45) is 0 Å². The molecular weight excluding hydrogens is 126 g/mol. The zero-order valence-electron chi connectivity index (χ0n) is 6.00. The third kappa shape index (κ3) is 1.26. The maximum atomic E-state index is 10.9. The normalized spacial score (nSPS) is 9.80. The third-order valence-electron chi connectivity index (χ3n) is 1.37. The van der Waals surface area contributed by atoms with Crippen molar-refractivity contribution < 1.29 is 0 Å². The van der Waals surface area contributed by atoms with Crippen molar-refractivity contribution in [2.45, 2.75) is 13.5 Å². The van der Waals surface area contributed by atoms with E-state index in [0.29, 0.717) is 6.54 Å². The molecule has 0 aliphatic carbocycles. The molecule has 1 aromatic heterocycles. The quantitative estimate of drug-likeness (QED) is 0.564. The van der Waals surface area contributed by atoms with Crippen molar-refractivity contribution in [3.8, 4) is 0 Å². The maximum absolute atomic E-state index is 10.9. The summed E-state index contributed by atoms with van der Waals surface area (Å²) in [5.41, 5.74) is 1.10. The van der Waals surface area contributed by atoms with E-state index in [1.54, 1.807) is 22.9 Å². The van der Waals surface area contributed by atoms with Crippen LogP contribution in [-0.4, -0.2) is 4.57 Å². The number of hydrogen-bond acceptors (Lipinski definition) is 1. The number of nitrogens with zero attached hydrogens (tertiary/aromatic N) is 1. The molecule has 1 heterocycles. The fraction of sp³-hybridized carbons (Fsp3) is 0.250. The van der Waals surface area contributed by atoms with Crippen LogP contribution in [0.15, 0.2) is 23.1 Å². The molecule has 0 saturated carbocycles. The van der Waals surface area contributed by atoms with Gasteiger partial charge in [0.25, 0.3) is 5.56 Å². The SMILES string of the molecule is [CH2]Cn1cc(C)ccc1=O. The Balaban J connectivity index is 3.22. The molecule has 1 aromatic rings. The molecule has 2 nitrogen and oxygen atoms in total. The molecule has 0 aliphatic rings. The maximum Gasteiger partial charge on any atom is 0.250 e. The molecule has 53 valence electrons. The monoisotopic (exact) mass is 136 g/mol. The zero-order chi connectivity index (χ0) is 7.56. The fourth-order valence-electron chi connectivity index (χ4n) is 0.826. The van der Waals surface area contributed by atoms with Crippen molar-refractivity contribution in [1.82, 2.24) is 4.57 Å². The molecular formula is C8H10NO. The predicted molar refractivity (Wildman–Crippen MR) is 40.8 cm³/mol. The Kier molecular flexibility index (Phi) is 1.90. The molecule has 1 radical (unpaired) electrons. The van der Waals surface area contributed by atoms with Gasteiger partial charge in [-0.1, -0.05) is 6.07 Å². The highest BCUT2D eigenvalue weighted by Crippen LogP contribution is 1.90. The third-order valence-corrected chi connectivity index (χ3v) is 1.37. The minimum absolute atomic E-state index is 0.0144. The Morgan fingerprint density at radius 1 is 1.60 bits per heavy atom. The van der Waals surface area contributed by atoms with Gasteiger partial charge in [-0.25, -0.2) is 0 Å². The van der Waals surface area contributed by atoms with Crippen LogP contribution in [0, 0.1) is 13.8 Å². The van der Waals surface area contributed by atoms with E-state index in [-0.39, 0.29) is 5.56 Å². The molecule has 0 saturated heterocycles. The zero-order valence-corrected chi connectivity index (χ0v) is 6.00. The van der Waals surface area contributed by atoms with Crippen molar-refractivity contribution in [3.63, 3.8) is 0 Å². The van der Waals surface area contributed by atoms with Crippen LogP contribution >= 0.6 is 0 Å². The molecule has 0 unspecified atom stereocenters. The molecule has 0 atom stereocenters. The second kappa shape index (κ2) is 2.69. The number of aromatic nitrogens is 1. The predicted octanol–water partition coefficient (Wildman–Crippen LogP) is 0.991. The van der Waals surface area contributed by atoms with Crippen LogP contribution in [0.3, 0.4) is 0 Å². The van der Waals surface area contributed by atoms with E-state index in [2.05, 4.69) is 6.92 Å². The largest absolute Gasteiger partial charge is 0.315 e. The highest BCUT2D eigenvalue weighted by atomic mass is 16.1. The Morgan fingerprint density at radius 2 is 2.30 bits per heavy atom. The van der Waals surface area contributed by atoms with Crippen LogP contribution in [-0.2, 0) is 6.54 Å². The number of pyridine rings is 1. The van der Waals surface area contributed by atoms with Crippen molar-refractivity contribution in [2.75, 3.05) is 0 Å². The number of hydrogen-bond donors (Lipinski definition) is 0. The van der Waals surface area contributed by atoms with Gasteiger partial charge in [0.15, 0.2) is 0 Å². The van der Waals surface area contributed by atoms with E-state index in [0.717, 1.165) is 5.56 Å². The number of aryl methyl sites for hydroxylation is 1. The summed E-state index contributed by atoms with van der Waals surface area (Å²) >= 11 is 0. The van der Waals surface area contributed by atoms with Gasteiger partial charge >= 0.3 is 0 Å². The number of rotatable bonds is 1. The lowest BCUT2D eigenvalue weighted by Gasteiger charge is -1.99.